The molecule has 0 amide bonds. The van der Waals surface area contributed by atoms with E-state index < -0.39 is 0 Å². The van der Waals surface area contributed by atoms with Crippen molar-refractivity contribution in [3.63, 3.8) is 0 Å². The summed E-state index contributed by atoms with van der Waals surface area (Å²) in [6.45, 7) is 4.26. The topological polar surface area (TPSA) is 53.1 Å². The molecule has 2 aromatic carbocycles. The molecule has 5 nitrogen and oxygen atoms in total. The van der Waals surface area contributed by atoms with Crippen LogP contribution in [0, 0.1) is 6.92 Å². The van der Waals surface area contributed by atoms with Crippen LogP contribution in [-0.4, -0.2) is 24.1 Å². The lowest BCUT2D eigenvalue weighted by atomic mass is 10.1. The molecule has 3 rings (SSSR count). The van der Waals surface area contributed by atoms with Gasteiger partial charge in [0.25, 0.3) is 0 Å². The number of aryl methyl sites for hydroxylation is 2. The van der Waals surface area contributed by atoms with Gasteiger partial charge in [0, 0.05) is 37.4 Å². The fourth-order valence-electron chi connectivity index (χ4n) is 2.79. The fraction of sp³-hybridized carbons (Fsp3) is 0.238. The van der Waals surface area contributed by atoms with Crippen molar-refractivity contribution in [2.24, 2.45) is 0 Å². The first-order valence-electron chi connectivity index (χ1n) is 8.80. The van der Waals surface area contributed by atoms with E-state index in [4.69, 9.17) is 0 Å². The van der Waals surface area contributed by atoms with E-state index >= 15 is 0 Å². The SMILES string of the molecule is CCc1cccc(C)c1Nc1ccnc(Nc2ccc(N(C)C)cc2)n1. The van der Waals surface area contributed by atoms with E-state index in [-0.39, 0.29) is 0 Å². The van der Waals surface area contributed by atoms with E-state index in [9.17, 15) is 0 Å². The molecule has 2 N–H and O–H groups in total. The van der Waals surface area contributed by atoms with Gasteiger partial charge in [-0.25, -0.2) is 4.98 Å². The van der Waals surface area contributed by atoms with Crippen molar-refractivity contribution in [2.75, 3.05) is 29.6 Å². The van der Waals surface area contributed by atoms with Crippen LogP contribution in [0.1, 0.15) is 18.1 Å². The molecule has 0 atom stereocenters. The van der Waals surface area contributed by atoms with Crippen LogP contribution in [-0.2, 0) is 6.42 Å². The molecule has 0 bridgehead atoms. The van der Waals surface area contributed by atoms with E-state index in [1.807, 2.05) is 32.3 Å². The van der Waals surface area contributed by atoms with Gasteiger partial charge in [0.1, 0.15) is 5.82 Å². The Labute approximate surface area is 155 Å². The maximum atomic E-state index is 4.59. The first-order valence-corrected chi connectivity index (χ1v) is 8.80. The summed E-state index contributed by atoms with van der Waals surface area (Å²) >= 11 is 0. The van der Waals surface area contributed by atoms with Crippen molar-refractivity contribution in [1.82, 2.24) is 9.97 Å². The first-order chi connectivity index (χ1) is 12.6. The summed E-state index contributed by atoms with van der Waals surface area (Å²) in [5.74, 6) is 1.34. The van der Waals surface area contributed by atoms with Crippen LogP contribution in [0.2, 0.25) is 0 Å². The van der Waals surface area contributed by atoms with Crippen molar-refractivity contribution in [1.29, 1.82) is 0 Å². The molecule has 0 fully saturated rings. The highest BCUT2D eigenvalue weighted by atomic mass is 15.1. The third kappa shape index (κ3) is 4.11. The normalized spacial score (nSPS) is 10.5. The Hall–Kier alpha value is -3.08. The number of rotatable bonds is 6. The lowest BCUT2D eigenvalue weighted by molar-refractivity contribution is 1.12. The standard InChI is InChI=1S/C21H25N5/c1-5-16-8-6-7-15(2)20(16)24-19-13-14-22-21(25-19)23-17-9-11-18(12-10-17)26(3)4/h6-14H,5H2,1-4H3,(H2,22,23,24,25). The number of hydrogen-bond acceptors (Lipinski definition) is 5. The van der Waals surface area contributed by atoms with Crippen molar-refractivity contribution < 1.29 is 0 Å². The van der Waals surface area contributed by atoms with Gasteiger partial charge < -0.3 is 15.5 Å². The minimum Gasteiger partial charge on any atom is -0.378 e. The second-order valence-corrected chi connectivity index (χ2v) is 6.42. The number of para-hydroxylation sites is 1. The molecule has 0 aliphatic rings. The van der Waals surface area contributed by atoms with E-state index in [0.717, 1.165) is 29.3 Å². The third-order valence-electron chi connectivity index (χ3n) is 4.29. The Morgan fingerprint density at radius 1 is 0.962 bits per heavy atom. The molecule has 1 aromatic heterocycles. The average Bonchev–Trinajstić information content (AvgIpc) is 2.64. The average molecular weight is 347 g/mol. The largest absolute Gasteiger partial charge is 0.378 e. The van der Waals surface area contributed by atoms with Crippen LogP contribution in [0.15, 0.2) is 54.7 Å². The molecule has 0 radical (unpaired) electrons. The van der Waals surface area contributed by atoms with Gasteiger partial charge in [-0.3, -0.25) is 0 Å². The van der Waals surface area contributed by atoms with Gasteiger partial charge in [-0.05, 0) is 54.8 Å². The van der Waals surface area contributed by atoms with Crippen LogP contribution < -0.4 is 15.5 Å². The van der Waals surface area contributed by atoms with Gasteiger partial charge in [-0.1, -0.05) is 25.1 Å². The molecule has 5 heteroatoms. The van der Waals surface area contributed by atoms with Crippen molar-refractivity contribution >= 4 is 28.8 Å². The predicted octanol–water partition coefficient (Wildman–Crippen LogP) is 4.90. The molecule has 134 valence electrons. The summed E-state index contributed by atoms with van der Waals surface area (Å²) in [7, 11) is 4.05. The molecule has 3 aromatic rings. The van der Waals surface area contributed by atoms with Gasteiger partial charge >= 0.3 is 0 Å². The minimum absolute atomic E-state index is 0.569. The van der Waals surface area contributed by atoms with Crippen LogP contribution in [0.25, 0.3) is 0 Å². The van der Waals surface area contributed by atoms with Gasteiger partial charge in [-0.15, -0.1) is 0 Å². The second kappa shape index (κ2) is 7.87. The van der Waals surface area contributed by atoms with E-state index in [1.54, 1.807) is 6.20 Å². The van der Waals surface area contributed by atoms with Crippen LogP contribution in [0.5, 0.6) is 0 Å². The molecule has 0 saturated carbocycles. The summed E-state index contributed by atoms with van der Waals surface area (Å²) in [6, 6.07) is 16.4. The monoisotopic (exact) mass is 347 g/mol. The van der Waals surface area contributed by atoms with Crippen LogP contribution in [0.4, 0.5) is 28.8 Å². The molecule has 26 heavy (non-hydrogen) atoms. The smallest absolute Gasteiger partial charge is 0.229 e. The minimum atomic E-state index is 0.569. The summed E-state index contributed by atoms with van der Waals surface area (Å²) in [5.41, 5.74) is 5.71. The molecule has 0 unspecified atom stereocenters. The van der Waals surface area contributed by atoms with Crippen molar-refractivity contribution in [2.45, 2.75) is 20.3 Å². The number of benzene rings is 2. The summed E-state index contributed by atoms with van der Waals surface area (Å²) in [5, 5.41) is 6.70. The zero-order chi connectivity index (χ0) is 18.5. The number of hydrogen-bond donors (Lipinski definition) is 2. The van der Waals surface area contributed by atoms with E-state index in [1.165, 1.54) is 11.1 Å². The molecule has 0 saturated heterocycles. The number of aromatic nitrogens is 2. The molecule has 0 aliphatic heterocycles. The van der Waals surface area contributed by atoms with E-state index in [2.05, 4.69) is 69.7 Å². The Morgan fingerprint density at radius 3 is 2.42 bits per heavy atom. The molecule has 1 heterocycles. The number of anilines is 5. The molecule has 0 aliphatic carbocycles. The van der Waals surface area contributed by atoms with Gasteiger partial charge in [0.05, 0.1) is 0 Å². The number of nitrogens with zero attached hydrogens (tertiary/aromatic N) is 3. The maximum absolute atomic E-state index is 4.59. The summed E-state index contributed by atoms with van der Waals surface area (Å²) < 4.78 is 0. The lowest BCUT2D eigenvalue weighted by Crippen LogP contribution is -2.08. The highest BCUT2D eigenvalue weighted by Crippen LogP contribution is 2.25. The maximum Gasteiger partial charge on any atom is 0.229 e. The quantitative estimate of drug-likeness (QED) is 0.664. The Kier molecular flexibility index (Phi) is 5.37. The van der Waals surface area contributed by atoms with Gasteiger partial charge in [0.2, 0.25) is 5.95 Å². The molecule has 0 spiro atoms. The van der Waals surface area contributed by atoms with Crippen molar-refractivity contribution in [3.05, 3.63) is 65.9 Å². The van der Waals surface area contributed by atoms with Crippen LogP contribution in [0.3, 0.4) is 0 Å². The van der Waals surface area contributed by atoms with Gasteiger partial charge in [0.15, 0.2) is 0 Å². The van der Waals surface area contributed by atoms with Crippen LogP contribution >= 0.6 is 0 Å². The third-order valence-corrected chi connectivity index (χ3v) is 4.29. The highest BCUT2D eigenvalue weighted by molar-refractivity contribution is 5.66. The van der Waals surface area contributed by atoms with E-state index in [0.29, 0.717) is 5.95 Å². The summed E-state index contributed by atoms with van der Waals surface area (Å²) in [6.07, 6.45) is 2.73. The zero-order valence-electron chi connectivity index (χ0n) is 15.7. The zero-order valence-corrected chi connectivity index (χ0v) is 15.7. The highest BCUT2D eigenvalue weighted by Gasteiger charge is 2.07. The Balaban J connectivity index is 1.78. The fourth-order valence-corrected chi connectivity index (χ4v) is 2.79. The predicted molar refractivity (Wildman–Crippen MR) is 110 cm³/mol. The summed E-state index contributed by atoms with van der Waals surface area (Å²) in [4.78, 5) is 11.0. The number of nitrogens with one attached hydrogen (secondary N) is 2. The molecular weight excluding hydrogens is 322 g/mol. The molecular formula is C21H25N5. The first kappa shape index (κ1) is 17.7. The van der Waals surface area contributed by atoms with Gasteiger partial charge in [-0.2, -0.15) is 4.98 Å². The lowest BCUT2D eigenvalue weighted by Gasteiger charge is -2.15. The van der Waals surface area contributed by atoms with Crippen molar-refractivity contribution in [3.8, 4) is 0 Å². The second-order valence-electron chi connectivity index (χ2n) is 6.42. The Bertz CT molecular complexity index is 872. The Morgan fingerprint density at radius 2 is 1.73 bits per heavy atom.